The summed E-state index contributed by atoms with van der Waals surface area (Å²) >= 11 is 0. The Bertz CT molecular complexity index is 931. The van der Waals surface area contributed by atoms with Crippen LogP contribution in [0, 0.1) is 13.8 Å². The minimum Gasteiger partial charge on any atom is -0.366 e. The number of carbonyl (C=O) groups excluding carboxylic acids is 2. The van der Waals surface area contributed by atoms with Crippen molar-refractivity contribution in [2.75, 3.05) is 5.32 Å². The third-order valence-corrected chi connectivity index (χ3v) is 3.26. The average molecular weight is 310 g/mol. The van der Waals surface area contributed by atoms with E-state index in [4.69, 9.17) is 5.73 Å². The van der Waals surface area contributed by atoms with Crippen LogP contribution in [0.15, 0.2) is 30.3 Å². The van der Waals surface area contributed by atoms with Crippen molar-refractivity contribution in [1.82, 2.24) is 19.6 Å². The van der Waals surface area contributed by atoms with Gasteiger partial charge >= 0.3 is 0 Å². The molecule has 0 saturated heterocycles. The molecular formula is C15H14N6O2. The Hall–Kier alpha value is -3.29. The third-order valence-electron chi connectivity index (χ3n) is 3.26. The van der Waals surface area contributed by atoms with Crippen LogP contribution in [0.1, 0.15) is 32.4 Å². The van der Waals surface area contributed by atoms with E-state index in [-0.39, 0.29) is 11.4 Å². The lowest BCUT2D eigenvalue weighted by Crippen LogP contribution is -2.19. The standard InChI is InChI=1S/C15H14N6O2/c1-8-7-9(2)21-15(17-8)19-13(20-21)14(23)18-11-6-4-3-5-10(11)12(16)22/h3-7H,1-2H3,(H2,16,22)(H,18,23). The normalized spacial score (nSPS) is 10.7. The van der Waals surface area contributed by atoms with Gasteiger partial charge in [0.1, 0.15) is 0 Å². The van der Waals surface area contributed by atoms with E-state index in [1.54, 1.807) is 18.2 Å². The predicted molar refractivity (Wildman–Crippen MR) is 83.2 cm³/mol. The molecule has 3 rings (SSSR count). The van der Waals surface area contributed by atoms with Crippen LogP contribution in [0.2, 0.25) is 0 Å². The topological polar surface area (TPSA) is 115 Å². The number of rotatable bonds is 3. The Morgan fingerprint density at radius 2 is 1.91 bits per heavy atom. The lowest BCUT2D eigenvalue weighted by molar-refractivity contribution is 0.100. The smallest absolute Gasteiger partial charge is 0.295 e. The molecule has 0 spiro atoms. The van der Waals surface area contributed by atoms with Gasteiger partial charge in [-0.15, -0.1) is 5.10 Å². The number of amides is 2. The summed E-state index contributed by atoms with van der Waals surface area (Å²) in [5.74, 6) is -0.862. The van der Waals surface area contributed by atoms with Crippen molar-refractivity contribution in [3.8, 4) is 0 Å². The SMILES string of the molecule is Cc1cc(C)n2nc(C(=O)Nc3ccccc3C(N)=O)nc2n1. The minimum atomic E-state index is -0.628. The van der Waals surface area contributed by atoms with Gasteiger partial charge in [-0.1, -0.05) is 12.1 Å². The zero-order valence-electron chi connectivity index (χ0n) is 12.6. The number of aromatic nitrogens is 4. The zero-order chi connectivity index (χ0) is 16.6. The summed E-state index contributed by atoms with van der Waals surface area (Å²) in [7, 11) is 0. The van der Waals surface area contributed by atoms with Crippen LogP contribution in [0.4, 0.5) is 5.69 Å². The number of nitrogens with two attached hydrogens (primary N) is 1. The highest BCUT2D eigenvalue weighted by Crippen LogP contribution is 2.15. The Balaban J connectivity index is 1.96. The molecule has 0 fully saturated rings. The molecule has 3 aromatic rings. The lowest BCUT2D eigenvalue weighted by atomic mass is 10.1. The largest absolute Gasteiger partial charge is 0.366 e. The highest BCUT2D eigenvalue weighted by Gasteiger charge is 2.17. The molecule has 0 atom stereocenters. The van der Waals surface area contributed by atoms with Gasteiger partial charge in [0.2, 0.25) is 5.82 Å². The molecule has 2 amide bonds. The molecule has 8 heteroatoms. The summed E-state index contributed by atoms with van der Waals surface area (Å²) < 4.78 is 1.49. The highest BCUT2D eigenvalue weighted by atomic mass is 16.2. The molecule has 0 aliphatic carbocycles. The Kier molecular flexibility index (Phi) is 3.49. The van der Waals surface area contributed by atoms with Gasteiger partial charge < -0.3 is 11.1 Å². The molecule has 0 radical (unpaired) electrons. The van der Waals surface area contributed by atoms with Gasteiger partial charge in [0.25, 0.3) is 17.6 Å². The molecule has 23 heavy (non-hydrogen) atoms. The summed E-state index contributed by atoms with van der Waals surface area (Å²) in [5, 5.41) is 6.74. The molecule has 2 aromatic heterocycles. The molecule has 3 N–H and O–H groups in total. The molecule has 1 aromatic carbocycles. The second kappa shape index (κ2) is 5.48. The van der Waals surface area contributed by atoms with E-state index in [2.05, 4.69) is 20.4 Å². The van der Waals surface area contributed by atoms with Crippen LogP contribution >= 0.6 is 0 Å². The average Bonchev–Trinajstić information content (AvgIpc) is 2.92. The first-order valence-corrected chi connectivity index (χ1v) is 6.87. The van der Waals surface area contributed by atoms with Crippen LogP contribution in [0.3, 0.4) is 0 Å². The van der Waals surface area contributed by atoms with Crippen LogP contribution < -0.4 is 11.1 Å². The van der Waals surface area contributed by atoms with Crippen LogP contribution in [-0.4, -0.2) is 31.4 Å². The fourth-order valence-corrected chi connectivity index (χ4v) is 2.25. The Morgan fingerprint density at radius 3 is 2.65 bits per heavy atom. The van der Waals surface area contributed by atoms with Crippen molar-refractivity contribution in [3.63, 3.8) is 0 Å². The van der Waals surface area contributed by atoms with Crippen molar-refractivity contribution in [1.29, 1.82) is 0 Å². The lowest BCUT2D eigenvalue weighted by Gasteiger charge is -2.06. The maximum absolute atomic E-state index is 12.3. The van der Waals surface area contributed by atoms with Gasteiger partial charge in [-0.05, 0) is 32.0 Å². The van der Waals surface area contributed by atoms with Gasteiger partial charge in [0.15, 0.2) is 0 Å². The van der Waals surface area contributed by atoms with Gasteiger partial charge in [-0.2, -0.15) is 4.98 Å². The Morgan fingerprint density at radius 1 is 1.17 bits per heavy atom. The summed E-state index contributed by atoms with van der Waals surface area (Å²) in [4.78, 5) is 32.1. The first-order chi connectivity index (χ1) is 11.0. The molecule has 8 nitrogen and oxygen atoms in total. The molecule has 0 bridgehead atoms. The van der Waals surface area contributed by atoms with Crippen molar-refractivity contribution in [3.05, 3.63) is 53.1 Å². The number of carbonyl (C=O) groups is 2. The van der Waals surface area contributed by atoms with Crippen molar-refractivity contribution in [2.45, 2.75) is 13.8 Å². The molecule has 0 aliphatic rings. The number of para-hydroxylation sites is 1. The number of aryl methyl sites for hydroxylation is 2. The van der Waals surface area contributed by atoms with Gasteiger partial charge in [-0.3, -0.25) is 9.59 Å². The fraction of sp³-hybridized carbons (Fsp3) is 0.133. The highest BCUT2D eigenvalue weighted by molar-refractivity contribution is 6.07. The number of primary amides is 1. The monoisotopic (exact) mass is 310 g/mol. The number of fused-ring (bicyclic) bond motifs is 1. The Labute approximate surface area is 131 Å². The second-order valence-corrected chi connectivity index (χ2v) is 5.05. The van der Waals surface area contributed by atoms with Gasteiger partial charge in [0, 0.05) is 11.4 Å². The number of hydrogen-bond donors (Lipinski definition) is 2. The number of benzene rings is 1. The van der Waals surface area contributed by atoms with Crippen molar-refractivity contribution < 1.29 is 9.59 Å². The van der Waals surface area contributed by atoms with E-state index in [1.807, 2.05) is 19.9 Å². The maximum atomic E-state index is 12.3. The number of hydrogen-bond acceptors (Lipinski definition) is 5. The van der Waals surface area contributed by atoms with E-state index >= 15 is 0 Å². The van der Waals surface area contributed by atoms with E-state index < -0.39 is 11.8 Å². The number of anilines is 1. The van der Waals surface area contributed by atoms with Crippen molar-refractivity contribution >= 4 is 23.3 Å². The molecule has 116 valence electrons. The molecule has 0 saturated carbocycles. The first kappa shape index (κ1) is 14.6. The number of nitrogens with zero attached hydrogens (tertiary/aromatic N) is 4. The summed E-state index contributed by atoms with van der Waals surface area (Å²) in [6.45, 7) is 3.69. The van der Waals surface area contributed by atoms with Crippen LogP contribution in [-0.2, 0) is 0 Å². The van der Waals surface area contributed by atoms with E-state index in [1.165, 1.54) is 10.6 Å². The van der Waals surface area contributed by atoms with E-state index in [0.717, 1.165) is 11.4 Å². The van der Waals surface area contributed by atoms with Gasteiger partial charge in [-0.25, -0.2) is 9.50 Å². The first-order valence-electron chi connectivity index (χ1n) is 6.87. The van der Waals surface area contributed by atoms with Gasteiger partial charge in [0.05, 0.1) is 11.3 Å². The minimum absolute atomic E-state index is 0.0366. The molecular weight excluding hydrogens is 296 g/mol. The molecule has 0 unspecified atom stereocenters. The van der Waals surface area contributed by atoms with E-state index in [9.17, 15) is 9.59 Å². The van der Waals surface area contributed by atoms with Crippen LogP contribution in [0.5, 0.6) is 0 Å². The number of nitrogens with one attached hydrogen (secondary N) is 1. The molecule has 2 heterocycles. The molecule has 0 aliphatic heterocycles. The van der Waals surface area contributed by atoms with E-state index in [0.29, 0.717) is 11.5 Å². The fourth-order valence-electron chi connectivity index (χ4n) is 2.25. The summed E-state index contributed by atoms with van der Waals surface area (Å²) in [6.07, 6.45) is 0. The second-order valence-electron chi connectivity index (χ2n) is 5.05. The summed E-state index contributed by atoms with van der Waals surface area (Å²) in [6, 6.07) is 8.31. The summed E-state index contributed by atoms with van der Waals surface area (Å²) in [5.41, 5.74) is 7.42. The quantitative estimate of drug-likeness (QED) is 0.751. The van der Waals surface area contributed by atoms with Crippen molar-refractivity contribution in [2.24, 2.45) is 5.73 Å². The maximum Gasteiger partial charge on any atom is 0.295 e. The third kappa shape index (κ3) is 2.73. The predicted octanol–water partition coefficient (Wildman–Crippen LogP) is 1.09. The zero-order valence-corrected chi connectivity index (χ0v) is 12.6. The van der Waals surface area contributed by atoms with Crippen LogP contribution in [0.25, 0.3) is 5.78 Å².